The SMILES string of the molecule is CCCSc1nc2n(n1)C(c1cccs1)C(C(=O)OC)=C(C)N2. The van der Waals surface area contributed by atoms with Gasteiger partial charge in [0.1, 0.15) is 6.04 Å². The molecule has 1 aliphatic heterocycles. The van der Waals surface area contributed by atoms with Crippen molar-refractivity contribution >= 4 is 35.0 Å². The smallest absolute Gasteiger partial charge is 0.338 e. The molecular weight excluding hydrogens is 332 g/mol. The summed E-state index contributed by atoms with van der Waals surface area (Å²) >= 11 is 3.20. The lowest BCUT2D eigenvalue weighted by Gasteiger charge is -2.26. The second-order valence-electron chi connectivity index (χ2n) is 5.08. The zero-order valence-corrected chi connectivity index (χ0v) is 14.8. The third kappa shape index (κ3) is 3.00. The molecule has 0 amide bonds. The summed E-state index contributed by atoms with van der Waals surface area (Å²) in [6.07, 6.45) is 1.06. The lowest BCUT2D eigenvalue weighted by Crippen LogP contribution is -2.28. The molecule has 3 rings (SSSR count). The van der Waals surface area contributed by atoms with Gasteiger partial charge in [0.05, 0.1) is 12.7 Å². The maximum atomic E-state index is 12.3. The molecule has 0 aromatic carbocycles. The minimum absolute atomic E-state index is 0.304. The van der Waals surface area contributed by atoms with Crippen molar-refractivity contribution in [3.63, 3.8) is 0 Å². The Morgan fingerprint density at radius 1 is 1.57 bits per heavy atom. The minimum atomic E-state index is -0.350. The maximum Gasteiger partial charge on any atom is 0.338 e. The first-order chi connectivity index (χ1) is 11.2. The second-order valence-corrected chi connectivity index (χ2v) is 7.13. The number of anilines is 1. The van der Waals surface area contributed by atoms with Gasteiger partial charge in [-0.05, 0) is 24.8 Å². The Morgan fingerprint density at radius 3 is 3.04 bits per heavy atom. The molecule has 0 aliphatic carbocycles. The van der Waals surface area contributed by atoms with Crippen molar-refractivity contribution in [2.24, 2.45) is 0 Å². The van der Waals surface area contributed by atoms with Gasteiger partial charge in [0.2, 0.25) is 11.1 Å². The molecule has 2 aromatic rings. The number of thioether (sulfide) groups is 1. The van der Waals surface area contributed by atoms with E-state index in [1.807, 2.05) is 24.4 Å². The number of esters is 1. The highest BCUT2D eigenvalue weighted by Gasteiger charge is 2.35. The number of rotatable bonds is 5. The summed E-state index contributed by atoms with van der Waals surface area (Å²) in [5.74, 6) is 1.27. The molecule has 0 saturated carbocycles. The Bertz CT molecular complexity index is 737. The number of hydrogen-bond donors (Lipinski definition) is 1. The average Bonchev–Trinajstić information content (AvgIpc) is 3.20. The zero-order valence-electron chi connectivity index (χ0n) is 13.2. The topological polar surface area (TPSA) is 69.0 Å². The normalized spacial score (nSPS) is 16.9. The van der Waals surface area contributed by atoms with E-state index in [0.717, 1.165) is 27.9 Å². The van der Waals surface area contributed by atoms with Crippen LogP contribution in [0.25, 0.3) is 0 Å². The number of methoxy groups -OCH3 is 1. The number of thiophene rings is 1. The molecule has 122 valence electrons. The minimum Gasteiger partial charge on any atom is -0.466 e. The van der Waals surface area contributed by atoms with Crippen LogP contribution in [0.2, 0.25) is 0 Å². The highest BCUT2D eigenvalue weighted by atomic mass is 32.2. The van der Waals surface area contributed by atoms with Crippen molar-refractivity contribution in [3.8, 4) is 0 Å². The molecule has 0 fully saturated rings. The largest absolute Gasteiger partial charge is 0.466 e. The molecule has 0 spiro atoms. The third-order valence-corrected chi connectivity index (χ3v) is 5.45. The van der Waals surface area contributed by atoms with Crippen molar-refractivity contribution in [1.82, 2.24) is 14.8 Å². The van der Waals surface area contributed by atoms with E-state index in [1.165, 1.54) is 7.11 Å². The molecular formula is C15H18N4O2S2. The van der Waals surface area contributed by atoms with Crippen LogP contribution in [0.4, 0.5) is 5.95 Å². The van der Waals surface area contributed by atoms with Crippen molar-refractivity contribution < 1.29 is 9.53 Å². The molecule has 2 aromatic heterocycles. The summed E-state index contributed by atoms with van der Waals surface area (Å²) in [5, 5.41) is 10.5. The fourth-order valence-electron chi connectivity index (χ4n) is 2.47. The predicted molar refractivity (Wildman–Crippen MR) is 91.8 cm³/mol. The Labute approximate surface area is 142 Å². The lowest BCUT2D eigenvalue weighted by molar-refractivity contribution is -0.136. The Hall–Kier alpha value is -1.80. The number of nitrogens with one attached hydrogen (secondary N) is 1. The first kappa shape index (κ1) is 16.1. The average molecular weight is 350 g/mol. The van der Waals surface area contributed by atoms with Crippen LogP contribution in [-0.2, 0) is 9.53 Å². The quantitative estimate of drug-likeness (QED) is 0.659. The number of carbonyl (C=O) groups is 1. The van der Waals surface area contributed by atoms with Gasteiger partial charge in [0.15, 0.2) is 0 Å². The van der Waals surface area contributed by atoms with Gasteiger partial charge in [-0.3, -0.25) is 0 Å². The standard InChI is InChI=1S/C15H18N4O2S2/c1-4-7-23-15-17-14-16-9(2)11(13(20)21-3)12(19(14)18-15)10-6-5-8-22-10/h5-6,8,12H,4,7H2,1-3H3,(H,16,17,18). The first-order valence-corrected chi connectivity index (χ1v) is 9.21. The van der Waals surface area contributed by atoms with Crippen molar-refractivity contribution in [2.75, 3.05) is 18.2 Å². The van der Waals surface area contributed by atoms with Crippen LogP contribution in [0.5, 0.6) is 0 Å². The summed E-state index contributed by atoms with van der Waals surface area (Å²) in [5.41, 5.74) is 1.32. The highest BCUT2D eigenvalue weighted by Crippen LogP contribution is 2.38. The van der Waals surface area contributed by atoms with E-state index in [9.17, 15) is 4.79 Å². The van der Waals surface area contributed by atoms with Gasteiger partial charge in [-0.2, -0.15) is 4.98 Å². The number of hydrogen-bond acceptors (Lipinski definition) is 7. The van der Waals surface area contributed by atoms with E-state index in [2.05, 4.69) is 22.3 Å². The van der Waals surface area contributed by atoms with E-state index >= 15 is 0 Å². The molecule has 1 N–H and O–H groups in total. The van der Waals surface area contributed by atoms with E-state index in [4.69, 9.17) is 4.74 Å². The third-order valence-electron chi connectivity index (χ3n) is 3.49. The number of ether oxygens (including phenoxy) is 1. The molecule has 23 heavy (non-hydrogen) atoms. The molecule has 1 atom stereocenters. The molecule has 3 heterocycles. The summed E-state index contributed by atoms with van der Waals surface area (Å²) < 4.78 is 6.76. The Balaban J connectivity index is 2.07. The van der Waals surface area contributed by atoms with E-state index in [0.29, 0.717) is 11.5 Å². The van der Waals surface area contributed by atoms with Gasteiger partial charge in [-0.1, -0.05) is 24.8 Å². The first-order valence-electron chi connectivity index (χ1n) is 7.34. The van der Waals surface area contributed by atoms with Crippen LogP contribution in [0.3, 0.4) is 0 Å². The lowest BCUT2D eigenvalue weighted by atomic mass is 10.0. The Morgan fingerprint density at radius 2 is 2.39 bits per heavy atom. The van der Waals surface area contributed by atoms with Gasteiger partial charge in [-0.15, -0.1) is 16.4 Å². The van der Waals surface area contributed by atoms with E-state index < -0.39 is 0 Å². The molecule has 1 unspecified atom stereocenters. The second kappa shape index (κ2) is 6.76. The van der Waals surface area contributed by atoms with Gasteiger partial charge in [0.25, 0.3) is 0 Å². The molecule has 8 heteroatoms. The molecule has 0 radical (unpaired) electrons. The predicted octanol–water partition coefficient (Wildman–Crippen LogP) is 3.30. The summed E-state index contributed by atoms with van der Waals surface area (Å²) in [6, 6.07) is 3.67. The summed E-state index contributed by atoms with van der Waals surface area (Å²) in [6.45, 7) is 3.99. The van der Waals surface area contributed by atoms with Crippen LogP contribution in [0.15, 0.2) is 33.9 Å². The van der Waals surface area contributed by atoms with Gasteiger partial charge >= 0.3 is 5.97 Å². The summed E-state index contributed by atoms with van der Waals surface area (Å²) in [7, 11) is 1.40. The highest BCUT2D eigenvalue weighted by molar-refractivity contribution is 7.99. The van der Waals surface area contributed by atoms with Crippen LogP contribution >= 0.6 is 23.1 Å². The maximum absolute atomic E-state index is 12.3. The monoisotopic (exact) mass is 350 g/mol. The fraction of sp³-hybridized carbons (Fsp3) is 0.400. The zero-order chi connectivity index (χ0) is 16.4. The van der Waals surface area contributed by atoms with Crippen LogP contribution in [0, 0.1) is 0 Å². The fourth-order valence-corrected chi connectivity index (χ4v) is 3.97. The van der Waals surface area contributed by atoms with Crippen molar-refractivity contribution in [2.45, 2.75) is 31.5 Å². The molecule has 6 nitrogen and oxygen atoms in total. The van der Waals surface area contributed by atoms with Crippen LogP contribution in [-0.4, -0.2) is 33.6 Å². The van der Waals surface area contributed by atoms with E-state index in [1.54, 1.807) is 27.8 Å². The molecule has 0 bridgehead atoms. The van der Waals surface area contributed by atoms with Gasteiger partial charge < -0.3 is 10.1 Å². The van der Waals surface area contributed by atoms with Gasteiger partial charge in [0, 0.05) is 16.3 Å². The van der Waals surface area contributed by atoms with Gasteiger partial charge in [-0.25, -0.2) is 9.48 Å². The number of nitrogens with zero attached hydrogens (tertiary/aromatic N) is 3. The number of allylic oxidation sites excluding steroid dienone is 1. The number of carbonyl (C=O) groups excluding carboxylic acids is 1. The number of aromatic nitrogens is 3. The molecule has 0 saturated heterocycles. The Kier molecular flexibility index (Phi) is 4.72. The number of fused-ring (bicyclic) bond motifs is 1. The van der Waals surface area contributed by atoms with Crippen LogP contribution in [0.1, 0.15) is 31.2 Å². The summed E-state index contributed by atoms with van der Waals surface area (Å²) in [4.78, 5) is 17.9. The van der Waals surface area contributed by atoms with E-state index in [-0.39, 0.29) is 12.0 Å². The molecule has 1 aliphatic rings. The van der Waals surface area contributed by atoms with Crippen molar-refractivity contribution in [3.05, 3.63) is 33.7 Å². The van der Waals surface area contributed by atoms with Crippen molar-refractivity contribution in [1.29, 1.82) is 0 Å². The van der Waals surface area contributed by atoms with Crippen LogP contribution < -0.4 is 5.32 Å².